The molecule has 0 heterocycles. The first kappa shape index (κ1) is 12.5. The van der Waals surface area contributed by atoms with Crippen molar-refractivity contribution >= 4 is 23.7 Å². The molecule has 6 heteroatoms. The average molecular weight is 240 g/mol. The summed E-state index contributed by atoms with van der Waals surface area (Å²) in [7, 11) is 0. The Labute approximate surface area is 97.0 Å². The minimum absolute atomic E-state index is 0.00684. The molecule has 0 aliphatic heterocycles. The monoisotopic (exact) mass is 240 g/mol. The summed E-state index contributed by atoms with van der Waals surface area (Å²) in [6.07, 6.45) is 0. The molecule has 0 aromatic heterocycles. The molecule has 0 spiro atoms. The Bertz CT molecular complexity index is 378. The van der Waals surface area contributed by atoms with Crippen LogP contribution in [0.25, 0.3) is 0 Å². The van der Waals surface area contributed by atoms with Gasteiger partial charge in [-0.25, -0.2) is 4.79 Å². The van der Waals surface area contributed by atoms with Gasteiger partial charge in [0.05, 0.1) is 12.4 Å². The van der Waals surface area contributed by atoms with Crippen LogP contribution in [0.4, 0.5) is 4.79 Å². The summed E-state index contributed by atoms with van der Waals surface area (Å²) in [5, 5.41) is 10.8. The van der Waals surface area contributed by atoms with Crippen molar-refractivity contribution in [1.82, 2.24) is 5.32 Å². The molecule has 16 heavy (non-hydrogen) atoms. The number of thioether (sulfide) groups is 1. The number of hydrogen-bond donors (Lipinski definition) is 3. The zero-order valence-corrected chi connectivity index (χ0v) is 9.29. The largest absolute Gasteiger partial charge is 0.392 e. The minimum Gasteiger partial charge on any atom is -0.392 e. The minimum atomic E-state index is -0.846. The number of benzene rings is 1. The second kappa shape index (κ2) is 6.14. The van der Waals surface area contributed by atoms with Gasteiger partial charge in [0.25, 0.3) is 0 Å². The first-order valence-electron chi connectivity index (χ1n) is 4.53. The van der Waals surface area contributed by atoms with Crippen molar-refractivity contribution in [3.05, 3.63) is 29.8 Å². The van der Waals surface area contributed by atoms with Gasteiger partial charge in [-0.15, -0.1) is 11.8 Å². The summed E-state index contributed by atoms with van der Waals surface area (Å²) in [6.45, 7) is -0.00684. The smallest absolute Gasteiger partial charge is 0.318 e. The average Bonchev–Trinajstić information content (AvgIpc) is 2.26. The number of aliphatic hydroxyl groups excluding tert-OH is 1. The van der Waals surface area contributed by atoms with Crippen LogP contribution >= 0.6 is 11.8 Å². The molecule has 0 saturated heterocycles. The molecule has 0 aliphatic rings. The van der Waals surface area contributed by atoms with Crippen LogP contribution in [0.3, 0.4) is 0 Å². The molecule has 0 atom stereocenters. The van der Waals surface area contributed by atoms with Crippen LogP contribution in [0.15, 0.2) is 29.2 Å². The van der Waals surface area contributed by atoms with Crippen molar-refractivity contribution in [2.24, 2.45) is 5.73 Å². The fourth-order valence-electron chi connectivity index (χ4n) is 1.01. The van der Waals surface area contributed by atoms with Gasteiger partial charge in [0.15, 0.2) is 0 Å². The summed E-state index contributed by atoms with van der Waals surface area (Å²) in [4.78, 5) is 22.3. The van der Waals surface area contributed by atoms with E-state index in [9.17, 15) is 9.59 Å². The lowest BCUT2D eigenvalue weighted by atomic mass is 10.2. The van der Waals surface area contributed by atoms with Crippen LogP contribution in [-0.4, -0.2) is 22.8 Å². The van der Waals surface area contributed by atoms with Gasteiger partial charge < -0.3 is 10.8 Å². The lowest BCUT2D eigenvalue weighted by Gasteiger charge is -2.02. The molecular weight excluding hydrogens is 228 g/mol. The number of rotatable bonds is 4. The molecule has 0 unspecified atom stereocenters. The fraction of sp³-hybridized carbons (Fsp3) is 0.200. The topological polar surface area (TPSA) is 92.4 Å². The van der Waals surface area contributed by atoms with Crippen molar-refractivity contribution in [1.29, 1.82) is 0 Å². The van der Waals surface area contributed by atoms with Gasteiger partial charge in [-0.1, -0.05) is 12.1 Å². The third-order valence-corrected chi connectivity index (χ3v) is 2.75. The van der Waals surface area contributed by atoms with Crippen LogP contribution in [0, 0.1) is 0 Å². The number of amides is 3. The Kier molecular flexibility index (Phi) is 4.81. The summed E-state index contributed by atoms with van der Waals surface area (Å²) < 4.78 is 0. The number of nitrogens with two attached hydrogens (primary N) is 1. The summed E-state index contributed by atoms with van der Waals surface area (Å²) in [5.41, 5.74) is 5.60. The number of aliphatic hydroxyl groups is 1. The van der Waals surface area contributed by atoms with Gasteiger partial charge in [0.2, 0.25) is 5.91 Å². The van der Waals surface area contributed by atoms with Crippen molar-refractivity contribution < 1.29 is 14.7 Å². The lowest BCUT2D eigenvalue weighted by molar-refractivity contribution is -0.117. The van der Waals surface area contributed by atoms with E-state index in [1.54, 1.807) is 24.3 Å². The van der Waals surface area contributed by atoms with E-state index >= 15 is 0 Å². The molecule has 0 radical (unpaired) electrons. The number of hydrogen-bond acceptors (Lipinski definition) is 4. The molecule has 0 aliphatic carbocycles. The zero-order chi connectivity index (χ0) is 12.0. The SMILES string of the molecule is NC(=O)NC(=O)CSc1ccc(CO)cc1. The third kappa shape index (κ3) is 4.33. The Morgan fingerprint density at radius 1 is 1.31 bits per heavy atom. The summed E-state index contributed by atoms with van der Waals surface area (Å²) in [5.74, 6) is -0.301. The number of urea groups is 1. The van der Waals surface area contributed by atoms with Gasteiger partial charge in [-0.05, 0) is 17.7 Å². The summed E-state index contributed by atoms with van der Waals surface area (Å²) >= 11 is 1.29. The number of carbonyl (C=O) groups is 2. The highest BCUT2D eigenvalue weighted by Crippen LogP contribution is 2.17. The van der Waals surface area contributed by atoms with E-state index in [4.69, 9.17) is 10.8 Å². The maximum atomic E-state index is 11.1. The predicted molar refractivity (Wildman–Crippen MR) is 60.8 cm³/mol. The Hall–Kier alpha value is -1.53. The highest BCUT2D eigenvalue weighted by Gasteiger charge is 2.04. The summed E-state index contributed by atoms with van der Waals surface area (Å²) in [6, 6.07) is 6.30. The normalized spacial score (nSPS) is 9.81. The van der Waals surface area contributed by atoms with E-state index in [2.05, 4.69) is 0 Å². The second-order valence-electron chi connectivity index (χ2n) is 3.00. The maximum absolute atomic E-state index is 11.1. The maximum Gasteiger partial charge on any atom is 0.318 e. The van der Waals surface area contributed by atoms with E-state index in [1.807, 2.05) is 5.32 Å². The molecule has 4 N–H and O–H groups in total. The highest BCUT2D eigenvalue weighted by atomic mass is 32.2. The predicted octanol–water partition coefficient (Wildman–Crippen LogP) is 0.466. The van der Waals surface area contributed by atoms with Crippen LogP contribution < -0.4 is 11.1 Å². The Balaban J connectivity index is 2.42. The van der Waals surface area contributed by atoms with Gasteiger partial charge in [0.1, 0.15) is 0 Å². The fourth-order valence-corrected chi connectivity index (χ4v) is 1.71. The molecule has 0 fully saturated rings. The van der Waals surface area contributed by atoms with Gasteiger partial charge >= 0.3 is 6.03 Å². The second-order valence-corrected chi connectivity index (χ2v) is 4.05. The van der Waals surface area contributed by atoms with Crippen molar-refractivity contribution in [2.75, 3.05) is 5.75 Å². The number of imide groups is 1. The van der Waals surface area contributed by atoms with Crippen LogP contribution in [0.1, 0.15) is 5.56 Å². The van der Waals surface area contributed by atoms with Crippen LogP contribution in [-0.2, 0) is 11.4 Å². The molecule has 86 valence electrons. The van der Waals surface area contributed by atoms with Crippen LogP contribution in [0.2, 0.25) is 0 Å². The van der Waals surface area contributed by atoms with Crippen molar-refractivity contribution in [3.8, 4) is 0 Å². The molecule has 1 rings (SSSR count). The molecule has 1 aromatic carbocycles. The Morgan fingerprint density at radius 3 is 2.44 bits per heavy atom. The van der Waals surface area contributed by atoms with Crippen LogP contribution in [0.5, 0.6) is 0 Å². The van der Waals surface area contributed by atoms with E-state index in [1.165, 1.54) is 11.8 Å². The van der Waals surface area contributed by atoms with E-state index in [-0.39, 0.29) is 12.4 Å². The molecule has 5 nitrogen and oxygen atoms in total. The third-order valence-electron chi connectivity index (χ3n) is 1.74. The van der Waals surface area contributed by atoms with E-state index in [0.29, 0.717) is 0 Å². The number of primary amides is 1. The molecule has 0 bridgehead atoms. The first-order chi connectivity index (χ1) is 7.61. The lowest BCUT2D eigenvalue weighted by Crippen LogP contribution is -2.36. The number of nitrogens with one attached hydrogen (secondary N) is 1. The van der Waals surface area contributed by atoms with Crippen molar-refractivity contribution in [3.63, 3.8) is 0 Å². The van der Waals surface area contributed by atoms with E-state index < -0.39 is 11.9 Å². The molecule has 1 aromatic rings. The Morgan fingerprint density at radius 2 is 1.94 bits per heavy atom. The zero-order valence-electron chi connectivity index (χ0n) is 8.47. The highest BCUT2D eigenvalue weighted by molar-refractivity contribution is 8.00. The standard InChI is InChI=1S/C10H12N2O3S/c11-10(15)12-9(14)6-16-8-3-1-7(5-13)2-4-8/h1-4,13H,5-6H2,(H3,11,12,14,15). The number of carbonyl (C=O) groups excluding carboxylic acids is 2. The van der Waals surface area contributed by atoms with E-state index in [0.717, 1.165) is 10.5 Å². The van der Waals surface area contributed by atoms with Gasteiger partial charge in [0, 0.05) is 4.90 Å². The molecule has 3 amide bonds. The molecular formula is C10H12N2O3S. The quantitative estimate of drug-likeness (QED) is 0.667. The van der Waals surface area contributed by atoms with Gasteiger partial charge in [-0.3, -0.25) is 10.1 Å². The van der Waals surface area contributed by atoms with Crippen molar-refractivity contribution in [2.45, 2.75) is 11.5 Å². The molecule has 0 saturated carbocycles. The van der Waals surface area contributed by atoms with Gasteiger partial charge in [-0.2, -0.15) is 0 Å². The first-order valence-corrected chi connectivity index (χ1v) is 5.52.